The normalized spacial score (nSPS) is 17.4. The van der Waals surface area contributed by atoms with E-state index in [4.69, 9.17) is 4.74 Å². The summed E-state index contributed by atoms with van der Waals surface area (Å²) in [6.07, 6.45) is 0. The fourth-order valence-corrected chi connectivity index (χ4v) is 2.38. The quantitative estimate of drug-likeness (QED) is 0.874. The highest BCUT2D eigenvalue weighted by Gasteiger charge is 2.13. The van der Waals surface area contributed by atoms with Gasteiger partial charge in [0.05, 0.1) is 12.8 Å². The lowest BCUT2D eigenvalue weighted by Gasteiger charge is -2.32. The number of nitrogens with one attached hydrogen (secondary N) is 1. The van der Waals surface area contributed by atoms with Gasteiger partial charge in [-0.3, -0.25) is 4.90 Å². The number of hydrogen-bond donors (Lipinski definition) is 1. The minimum absolute atomic E-state index is 0.920. The Balaban J connectivity index is 1.80. The molecular formula is C15H25N3O. The Morgan fingerprint density at radius 2 is 1.95 bits per heavy atom. The number of aryl methyl sites for hydroxylation is 1. The van der Waals surface area contributed by atoms with Gasteiger partial charge in [-0.05, 0) is 31.7 Å². The van der Waals surface area contributed by atoms with Gasteiger partial charge in [-0.15, -0.1) is 0 Å². The van der Waals surface area contributed by atoms with Crippen LogP contribution in [0.5, 0.6) is 5.75 Å². The number of benzene rings is 1. The molecule has 1 fully saturated rings. The summed E-state index contributed by atoms with van der Waals surface area (Å²) < 4.78 is 5.37. The van der Waals surface area contributed by atoms with Crippen molar-refractivity contribution in [1.82, 2.24) is 9.80 Å². The predicted octanol–water partition coefficient (Wildman–Crippen LogP) is 1.66. The van der Waals surface area contributed by atoms with E-state index in [2.05, 4.69) is 41.2 Å². The number of nitrogens with zero attached hydrogens (tertiary/aromatic N) is 2. The summed E-state index contributed by atoms with van der Waals surface area (Å²) in [7, 11) is 3.91. The lowest BCUT2D eigenvalue weighted by molar-refractivity contribution is 0.158. The number of piperazine rings is 1. The van der Waals surface area contributed by atoms with Gasteiger partial charge in [-0.25, -0.2) is 0 Å². The zero-order valence-corrected chi connectivity index (χ0v) is 12.3. The molecule has 4 heteroatoms. The summed E-state index contributed by atoms with van der Waals surface area (Å²) in [5, 5.41) is 3.48. The molecule has 106 valence electrons. The van der Waals surface area contributed by atoms with E-state index in [0.29, 0.717) is 0 Å². The van der Waals surface area contributed by atoms with Gasteiger partial charge in [0.25, 0.3) is 0 Å². The molecule has 1 heterocycles. The Labute approximate surface area is 116 Å². The van der Waals surface area contributed by atoms with Gasteiger partial charge in [0, 0.05) is 39.3 Å². The van der Waals surface area contributed by atoms with Crippen molar-refractivity contribution in [2.24, 2.45) is 0 Å². The van der Waals surface area contributed by atoms with Gasteiger partial charge in [0.15, 0.2) is 0 Å². The second kappa shape index (κ2) is 6.78. The molecule has 1 saturated heterocycles. The topological polar surface area (TPSA) is 27.7 Å². The first-order chi connectivity index (χ1) is 9.19. The molecule has 1 aromatic carbocycles. The molecule has 0 radical (unpaired) electrons. The summed E-state index contributed by atoms with van der Waals surface area (Å²) >= 11 is 0. The zero-order chi connectivity index (χ0) is 13.7. The highest BCUT2D eigenvalue weighted by atomic mass is 16.5. The summed E-state index contributed by atoms with van der Waals surface area (Å²) in [5.74, 6) is 0.920. The molecule has 0 aromatic heterocycles. The molecule has 0 atom stereocenters. The summed E-state index contributed by atoms with van der Waals surface area (Å²) in [6, 6.07) is 6.24. The SMILES string of the molecule is COc1ccc(C)cc1NCCN1CCN(C)CC1. The molecule has 0 unspecified atom stereocenters. The van der Waals surface area contributed by atoms with Crippen molar-refractivity contribution in [2.75, 3.05) is 58.7 Å². The maximum Gasteiger partial charge on any atom is 0.141 e. The smallest absolute Gasteiger partial charge is 0.141 e. The fraction of sp³-hybridized carbons (Fsp3) is 0.600. The van der Waals surface area contributed by atoms with Crippen molar-refractivity contribution in [2.45, 2.75) is 6.92 Å². The van der Waals surface area contributed by atoms with Gasteiger partial charge >= 0.3 is 0 Å². The Kier molecular flexibility index (Phi) is 5.05. The highest BCUT2D eigenvalue weighted by molar-refractivity contribution is 5.57. The average molecular weight is 263 g/mol. The summed E-state index contributed by atoms with van der Waals surface area (Å²) in [6.45, 7) is 8.84. The number of methoxy groups -OCH3 is 1. The van der Waals surface area contributed by atoms with Crippen LogP contribution in [0.25, 0.3) is 0 Å². The van der Waals surface area contributed by atoms with E-state index in [1.54, 1.807) is 7.11 Å². The minimum atomic E-state index is 0.920. The summed E-state index contributed by atoms with van der Waals surface area (Å²) in [4.78, 5) is 4.89. The monoisotopic (exact) mass is 263 g/mol. The third-order valence-electron chi connectivity index (χ3n) is 3.69. The van der Waals surface area contributed by atoms with Crippen LogP contribution in [-0.4, -0.2) is 63.2 Å². The summed E-state index contributed by atoms with van der Waals surface area (Å²) in [5.41, 5.74) is 2.35. The van der Waals surface area contributed by atoms with Crippen LogP contribution in [0, 0.1) is 6.92 Å². The molecule has 1 aliphatic rings. The molecule has 4 nitrogen and oxygen atoms in total. The molecule has 0 amide bonds. The maximum atomic E-state index is 5.37. The van der Waals surface area contributed by atoms with Crippen LogP contribution >= 0.6 is 0 Å². The largest absolute Gasteiger partial charge is 0.495 e. The van der Waals surface area contributed by atoms with Crippen LogP contribution in [0.3, 0.4) is 0 Å². The number of likely N-dealkylation sites (N-methyl/N-ethyl adjacent to an activating group) is 1. The van der Waals surface area contributed by atoms with Crippen molar-refractivity contribution in [1.29, 1.82) is 0 Å². The van der Waals surface area contributed by atoms with Crippen LogP contribution in [0.4, 0.5) is 5.69 Å². The van der Waals surface area contributed by atoms with Gasteiger partial charge in [0.2, 0.25) is 0 Å². The van der Waals surface area contributed by atoms with Gasteiger partial charge in [-0.1, -0.05) is 6.07 Å². The first kappa shape index (κ1) is 14.2. The van der Waals surface area contributed by atoms with Crippen molar-refractivity contribution in [3.63, 3.8) is 0 Å². The Hall–Kier alpha value is -1.26. The Morgan fingerprint density at radius 1 is 1.21 bits per heavy atom. The third kappa shape index (κ3) is 4.11. The molecule has 19 heavy (non-hydrogen) atoms. The lowest BCUT2D eigenvalue weighted by atomic mass is 10.2. The maximum absolute atomic E-state index is 5.37. The molecule has 1 aliphatic heterocycles. The van der Waals surface area contributed by atoms with Crippen LogP contribution in [-0.2, 0) is 0 Å². The highest BCUT2D eigenvalue weighted by Crippen LogP contribution is 2.24. The van der Waals surface area contributed by atoms with Crippen molar-refractivity contribution < 1.29 is 4.74 Å². The first-order valence-electron chi connectivity index (χ1n) is 6.98. The van der Waals surface area contributed by atoms with Crippen LogP contribution in [0.2, 0.25) is 0 Å². The van der Waals surface area contributed by atoms with E-state index in [1.165, 1.54) is 31.7 Å². The standard InChI is InChI=1S/C15H25N3O/c1-13-4-5-15(19-3)14(12-13)16-6-7-18-10-8-17(2)9-11-18/h4-5,12,16H,6-11H2,1-3H3. The van der Waals surface area contributed by atoms with Crippen molar-refractivity contribution in [3.05, 3.63) is 23.8 Å². The minimum Gasteiger partial charge on any atom is -0.495 e. The zero-order valence-electron chi connectivity index (χ0n) is 12.3. The number of ether oxygens (including phenoxy) is 1. The molecule has 0 aliphatic carbocycles. The average Bonchev–Trinajstić information content (AvgIpc) is 2.41. The molecular weight excluding hydrogens is 238 g/mol. The predicted molar refractivity (Wildman–Crippen MR) is 80.2 cm³/mol. The third-order valence-corrected chi connectivity index (χ3v) is 3.69. The number of anilines is 1. The van der Waals surface area contributed by atoms with Crippen LogP contribution in [0.15, 0.2) is 18.2 Å². The molecule has 1 aromatic rings. The fourth-order valence-electron chi connectivity index (χ4n) is 2.38. The van der Waals surface area contributed by atoms with E-state index in [-0.39, 0.29) is 0 Å². The van der Waals surface area contributed by atoms with Crippen molar-refractivity contribution >= 4 is 5.69 Å². The molecule has 0 saturated carbocycles. The van der Waals surface area contributed by atoms with E-state index in [0.717, 1.165) is 24.5 Å². The number of rotatable bonds is 5. The van der Waals surface area contributed by atoms with E-state index in [9.17, 15) is 0 Å². The first-order valence-corrected chi connectivity index (χ1v) is 6.98. The van der Waals surface area contributed by atoms with Gasteiger partial charge < -0.3 is 15.0 Å². The van der Waals surface area contributed by atoms with Crippen LogP contribution in [0.1, 0.15) is 5.56 Å². The van der Waals surface area contributed by atoms with Gasteiger partial charge in [-0.2, -0.15) is 0 Å². The Morgan fingerprint density at radius 3 is 2.63 bits per heavy atom. The van der Waals surface area contributed by atoms with Gasteiger partial charge in [0.1, 0.15) is 5.75 Å². The molecule has 1 N–H and O–H groups in total. The van der Waals surface area contributed by atoms with E-state index >= 15 is 0 Å². The van der Waals surface area contributed by atoms with Crippen LogP contribution < -0.4 is 10.1 Å². The second-order valence-corrected chi connectivity index (χ2v) is 5.28. The van der Waals surface area contributed by atoms with E-state index < -0.39 is 0 Å². The molecule has 2 rings (SSSR count). The second-order valence-electron chi connectivity index (χ2n) is 5.28. The number of hydrogen-bond acceptors (Lipinski definition) is 4. The lowest BCUT2D eigenvalue weighted by Crippen LogP contribution is -2.45. The molecule has 0 bridgehead atoms. The molecule has 0 spiro atoms. The van der Waals surface area contributed by atoms with Crippen molar-refractivity contribution in [3.8, 4) is 5.75 Å². The van der Waals surface area contributed by atoms with E-state index in [1.807, 2.05) is 6.07 Å². The Bertz CT molecular complexity index is 400.